The molecule has 266 valence electrons. The van der Waals surface area contributed by atoms with Gasteiger partial charge in [-0.2, -0.15) is 0 Å². The lowest BCUT2D eigenvalue weighted by atomic mass is 9.56. The molecule has 3 saturated carbocycles. The van der Waals surface area contributed by atoms with Crippen LogP contribution < -0.4 is 16.4 Å². The van der Waals surface area contributed by atoms with Gasteiger partial charge >= 0.3 is 5.97 Å². The van der Waals surface area contributed by atoms with Gasteiger partial charge in [0.25, 0.3) is 5.60 Å². The van der Waals surface area contributed by atoms with E-state index >= 15 is 0 Å². The SMILES string of the molecule is CCNC1CCC(CC)CC1COC(=O)C12OC1(CC(CO)=C(C)CCC1CCNC(N)C1)C(=O)C1CCCC(CC(C)C)C1C2=O. The van der Waals surface area contributed by atoms with Crippen molar-refractivity contribution in [1.29, 1.82) is 0 Å². The highest BCUT2D eigenvalue weighted by Crippen LogP contribution is 2.63. The maximum Gasteiger partial charge on any atom is 0.350 e. The second kappa shape index (κ2) is 15.5. The van der Waals surface area contributed by atoms with E-state index in [-0.39, 0.29) is 55.2 Å². The Morgan fingerprint density at radius 3 is 2.55 bits per heavy atom. The summed E-state index contributed by atoms with van der Waals surface area (Å²) in [6.07, 6.45) is 11.2. The van der Waals surface area contributed by atoms with Crippen LogP contribution in [0.1, 0.15) is 118 Å². The van der Waals surface area contributed by atoms with Gasteiger partial charge in [0.15, 0.2) is 17.2 Å². The van der Waals surface area contributed by atoms with E-state index in [4.69, 9.17) is 15.2 Å². The van der Waals surface area contributed by atoms with E-state index in [1.165, 1.54) is 0 Å². The van der Waals surface area contributed by atoms with Crippen molar-refractivity contribution >= 4 is 17.5 Å². The summed E-state index contributed by atoms with van der Waals surface area (Å²) in [7, 11) is 0. The highest BCUT2D eigenvalue weighted by molar-refractivity contribution is 6.23. The van der Waals surface area contributed by atoms with Gasteiger partial charge in [-0.3, -0.25) is 9.59 Å². The molecule has 2 heterocycles. The zero-order valence-corrected chi connectivity index (χ0v) is 29.8. The van der Waals surface area contributed by atoms with Crippen molar-refractivity contribution in [2.24, 2.45) is 47.2 Å². The summed E-state index contributed by atoms with van der Waals surface area (Å²) >= 11 is 0. The van der Waals surface area contributed by atoms with E-state index in [2.05, 4.69) is 38.3 Å². The summed E-state index contributed by atoms with van der Waals surface area (Å²) < 4.78 is 12.5. The number of nitrogens with two attached hydrogens (primary N) is 1. The lowest BCUT2D eigenvalue weighted by Crippen LogP contribution is -2.60. The van der Waals surface area contributed by atoms with Gasteiger partial charge in [-0.05, 0) is 113 Å². The summed E-state index contributed by atoms with van der Waals surface area (Å²) in [5, 5.41) is 17.5. The molecule has 9 heteroatoms. The maximum atomic E-state index is 14.7. The van der Waals surface area contributed by atoms with Crippen LogP contribution >= 0.6 is 0 Å². The Hall–Kier alpha value is -1.65. The zero-order chi connectivity index (χ0) is 33.9. The van der Waals surface area contributed by atoms with Crippen LogP contribution in [-0.2, 0) is 23.9 Å². The Balaban J connectivity index is 1.41. The maximum absolute atomic E-state index is 14.7. The summed E-state index contributed by atoms with van der Waals surface area (Å²) in [5.41, 5.74) is 4.30. The van der Waals surface area contributed by atoms with Crippen molar-refractivity contribution in [2.75, 3.05) is 26.3 Å². The van der Waals surface area contributed by atoms with Crippen LogP contribution in [0.2, 0.25) is 0 Å². The van der Waals surface area contributed by atoms with Gasteiger partial charge in [0.2, 0.25) is 0 Å². The number of hydrogen-bond donors (Lipinski definition) is 4. The number of Topliss-reactive ketones (excluding diaryl/α,β-unsaturated/α-hetero) is 2. The number of carbonyl (C=O) groups excluding carboxylic acids is 3. The third-order valence-electron chi connectivity index (χ3n) is 12.6. The molecule has 2 aliphatic heterocycles. The first-order valence-corrected chi connectivity index (χ1v) is 19.0. The number of carbonyl (C=O) groups is 3. The molecule has 10 unspecified atom stereocenters. The topological polar surface area (TPSA) is 143 Å². The highest BCUT2D eigenvalue weighted by Gasteiger charge is 2.87. The Bertz CT molecular complexity index is 1170. The summed E-state index contributed by atoms with van der Waals surface area (Å²) in [6.45, 7) is 12.3. The number of rotatable bonds is 14. The van der Waals surface area contributed by atoms with E-state index in [0.717, 1.165) is 89.3 Å². The Kier molecular flexibility index (Phi) is 12.1. The molecule has 5 rings (SSSR count). The minimum absolute atomic E-state index is 0.00376. The predicted molar refractivity (Wildman–Crippen MR) is 182 cm³/mol. The third kappa shape index (κ3) is 7.30. The van der Waals surface area contributed by atoms with Crippen molar-refractivity contribution in [3.05, 3.63) is 11.1 Å². The van der Waals surface area contributed by atoms with E-state index in [9.17, 15) is 19.5 Å². The molecule has 2 saturated heterocycles. The second-order valence-corrected chi connectivity index (χ2v) is 16.1. The van der Waals surface area contributed by atoms with Crippen LogP contribution in [0.5, 0.6) is 0 Å². The number of esters is 1. The van der Waals surface area contributed by atoms with Crippen molar-refractivity contribution in [2.45, 2.75) is 141 Å². The predicted octanol–water partition coefficient (Wildman–Crippen LogP) is 4.84. The van der Waals surface area contributed by atoms with Crippen molar-refractivity contribution in [1.82, 2.24) is 10.6 Å². The van der Waals surface area contributed by atoms with E-state index < -0.39 is 29.0 Å². The molecule has 0 spiro atoms. The molecule has 0 aromatic carbocycles. The number of fused-ring (bicyclic) bond motifs is 2. The molecule has 5 N–H and O–H groups in total. The van der Waals surface area contributed by atoms with Gasteiger partial charge in [-0.15, -0.1) is 0 Å². The van der Waals surface area contributed by atoms with Gasteiger partial charge < -0.3 is 30.9 Å². The van der Waals surface area contributed by atoms with Gasteiger partial charge in [0.05, 0.1) is 19.4 Å². The molecule has 5 aliphatic rings. The summed E-state index contributed by atoms with van der Waals surface area (Å²) in [4.78, 5) is 43.7. The molecule has 0 aromatic heterocycles. The normalized spacial score (nSPS) is 39.2. The fraction of sp³-hybridized carbons (Fsp3) is 0.868. The molecule has 9 nitrogen and oxygen atoms in total. The number of piperidine rings is 1. The lowest BCUT2D eigenvalue weighted by Gasteiger charge is -2.42. The van der Waals surface area contributed by atoms with Crippen molar-refractivity contribution in [3.8, 4) is 0 Å². The fourth-order valence-corrected chi connectivity index (χ4v) is 9.91. The molecular formula is C38H63N3O6. The van der Waals surface area contributed by atoms with Crippen LogP contribution in [0.3, 0.4) is 0 Å². The zero-order valence-electron chi connectivity index (χ0n) is 29.8. The first-order valence-electron chi connectivity index (χ1n) is 19.0. The largest absolute Gasteiger partial charge is 0.463 e. The first kappa shape index (κ1) is 36.6. The molecule has 0 bridgehead atoms. The number of aliphatic hydroxyl groups excluding tert-OH is 1. The Morgan fingerprint density at radius 1 is 1.09 bits per heavy atom. The smallest absolute Gasteiger partial charge is 0.350 e. The fourth-order valence-electron chi connectivity index (χ4n) is 9.91. The molecule has 10 atom stereocenters. The van der Waals surface area contributed by atoms with Gasteiger partial charge in [0, 0.05) is 30.2 Å². The number of allylic oxidation sites excluding steroid dienone is 1. The van der Waals surface area contributed by atoms with Gasteiger partial charge in [-0.25, -0.2) is 4.79 Å². The summed E-state index contributed by atoms with van der Waals surface area (Å²) in [6, 6.07) is 0.251. The average molecular weight is 658 g/mol. The monoisotopic (exact) mass is 657 g/mol. The number of ether oxygens (including phenoxy) is 2. The molecule has 0 radical (unpaired) electrons. The van der Waals surface area contributed by atoms with Crippen LogP contribution in [0, 0.1) is 41.4 Å². The third-order valence-corrected chi connectivity index (χ3v) is 12.6. The molecule has 0 aromatic rings. The molecule has 47 heavy (non-hydrogen) atoms. The van der Waals surface area contributed by atoms with Gasteiger partial charge in [0.1, 0.15) is 0 Å². The first-order chi connectivity index (χ1) is 22.5. The van der Waals surface area contributed by atoms with Crippen LogP contribution in [0.25, 0.3) is 0 Å². The van der Waals surface area contributed by atoms with Gasteiger partial charge in [-0.1, -0.05) is 46.1 Å². The van der Waals surface area contributed by atoms with Crippen LogP contribution in [0.15, 0.2) is 11.1 Å². The van der Waals surface area contributed by atoms with Crippen molar-refractivity contribution < 1.29 is 29.0 Å². The molecular weight excluding hydrogens is 594 g/mol. The average Bonchev–Trinajstić information content (AvgIpc) is 3.76. The van der Waals surface area contributed by atoms with Crippen LogP contribution in [0.4, 0.5) is 0 Å². The van der Waals surface area contributed by atoms with E-state index in [0.29, 0.717) is 29.7 Å². The quantitative estimate of drug-likeness (QED) is 0.0894. The van der Waals surface area contributed by atoms with E-state index in [1.807, 2.05) is 6.92 Å². The Labute approximate surface area is 282 Å². The van der Waals surface area contributed by atoms with Crippen molar-refractivity contribution in [3.63, 3.8) is 0 Å². The highest BCUT2D eigenvalue weighted by atomic mass is 16.7. The number of aliphatic hydroxyl groups is 1. The minimum Gasteiger partial charge on any atom is -0.463 e. The second-order valence-electron chi connectivity index (χ2n) is 16.1. The summed E-state index contributed by atoms with van der Waals surface area (Å²) in [5.74, 6) is -0.434. The Morgan fingerprint density at radius 2 is 1.87 bits per heavy atom. The molecule has 5 fully saturated rings. The van der Waals surface area contributed by atoms with Crippen LogP contribution in [-0.4, -0.2) is 72.4 Å². The molecule has 3 aliphatic carbocycles. The number of ketones is 2. The number of epoxide rings is 1. The number of nitrogens with one attached hydrogen (secondary N) is 2. The van der Waals surface area contributed by atoms with E-state index in [1.54, 1.807) is 0 Å². The number of hydrogen-bond acceptors (Lipinski definition) is 9. The minimum atomic E-state index is -1.92. The molecule has 0 amide bonds. The lowest BCUT2D eigenvalue weighted by molar-refractivity contribution is -0.161. The standard InChI is InChI=1S/C38H63N3O6/c1-6-25-13-14-31(40-7-2)28(18-25)22-46-36(45)38-35(44)33-27(17-23(3)4)9-8-10-30(33)34(43)37(38,47-38)20-29(21-42)24(5)11-12-26-15-16-41-32(39)19-26/h23,25-28,30-33,40-42H,6-22,39H2,1-5H3.